The van der Waals surface area contributed by atoms with Crippen LogP contribution < -0.4 is 5.56 Å². The SMILES string of the molecule is O=c1[nH]c2ccc(Br)cc2n2nnnc12. The third-order valence-corrected chi connectivity index (χ3v) is 2.60. The largest absolute Gasteiger partial charge is 0.317 e. The van der Waals surface area contributed by atoms with Crippen molar-refractivity contribution in [2.45, 2.75) is 0 Å². The monoisotopic (exact) mass is 265 g/mol. The summed E-state index contributed by atoms with van der Waals surface area (Å²) in [6.45, 7) is 0. The van der Waals surface area contributed by atoms with Crippen LogP contribution in [0.4, 0.5) is 0 Å². The minimum atomic E-state index is -0.296. The normalized spacial score (nSPS) is 11.3. The molecule has 0 atom stereocenters. The van der Waals surface area contributed by atoms with Gasteiger partial charge in [0.1, 0.15) is 0 Å². The molecule has 0 aliphatic carbocycles. The molecule has 0 fully saturated rings. The number of nitrogens with zero attached hydrogens (tertiary/aromatic N) is 4. The van der Waals surface area contributed by atoms with E-state index in [-0.39, 0.29) is 11.2 Å². The number of rotatable bonds is 0. The van der Waals surface area contributed by atoms with Crippen molar-refractivity contribution >= 4 is 32.6 Å². The molecule has 0 amide bonds. The Morgan fingerprint density at radius 1 is 1.40 bits per heavy atom. The van der Waals surface area contributed by atoms with Gasteiger partial charge in [0.2, 0.25) is 5.65 Å². The van der Waals surface area contributed by atoms with Gasteiger partial charge in [-0.1, -0.05) is 15.9 Å². The second kappa shape index (κ2) is 2.86. The number of aromatic amines is 1. The molecule has 0 saturated heterocycles. The lowest BCUT2D eigenvalue weighted by atomic mass is 10.3. The Kier molecular flexibility index (Phi) is 1.63. The zero-order valence-electron chi connectivity index (χ0n) is 7.31. The van der Waals surface area contributed by atoms with Gasteiger partial charge in [-0.15, -0.1) is 5.10 Å². The summed E-state index contributed by atoms with van der Waals surface area (Å²) in [6.07, 6.45) is 0. The van der Waals surface area contributed by atoms with E-state index in [0.717, 1.165) is 9.99 Å². The summed E-state index contributed by atoms with van der Waals surface area (Å²) in [5.74, 6) is 0. The number of benzene rings is 1. The van der Waals surface area contributed by atoms with Crippen LogP contribution >= 0.6 is 15.9 Å². The van der Waals surface area contributed by atoms with Crippen molar-refractivity contribution in [1.29, 1.82) is 0 Å². The Balaban J connectivity index is 2.67. The molecule has 0 radical (unpaired) electrons. The highest BCUT2D eigenvalue weighted by Crippen LogP contribution is 2.16. The molecule has 0 spiro atoms. The maximum Gasteiger partial charge on any atom is 0.295 e. The van der Waals surface area contributed by atoms with E-state index in [4.69, 9.17) is 0 Å². The zero-order valence-corrected chi connectivity index (χ0v) is 8.89. The molecule has 2 aromatic heterocycles. The third-order valence-electron chi connectivity index (χ3n) is 2.11. The summed E-state index contributed by atoms with van der Waals surface area (Å²) in [5, 5.41) is 10.9. The van der Waals surface area contributed by atoms with E-state index in [1.807, 2.05) is 12.1 Å². The quantitative estimate of drug-likeness (QED) is 0.650. The van der Waals surface area contributed by atoms with Gasteiger partial charge in [0.15, 0.2) is 0 Å². The van der Waals surface area contributed by atoms with E-state index in [0.29, 0.717) is 5.52 Å². The van der Waals surface area contributed by atoms with Gasteiger partial charge < -0.3 is 4.98 Å². The first kappa shape index (κ1) is 8.54. The highest BCUT2D eigenvalue weighted by molar-refractivity contribution is 9.10. The maximum atomic E-state index is 11.5. The van der Waals surface area contributed by atoms with Gasteiger partial charge in [0.05, 0.1) is 11.0 Å². The van der Waals surface area contributed by atoms with Crippen molar-refractivity contribution in [1.82, 2.24) is 25.0 Å². The molecule has 15 heavy (non-hydrogen) atoms. The molecule has 1 aromatic carbocycles. The van der Waals surface area contributed by atoms with Crippen molar-refractivity contribution < 1.29 is 0 Å². The first-order chi connectivity index (χ1) is 7.25. The fourth-order valence-electron chi connectivity index (χ4n) is 1.45. The number of nitrogens with one attached hydrogen (secondary N) is 1. The van der Waals surface area contributed by atoms with Crippen molar-refractivity contribution in [2.24, 2.45) is 0 Å². The molecule has 0 aliphatic heterocycles. The summed E-state index contributed by atoms with van der Waals surface area (Å²) in [7, 11) is 0. The topological polar surface area (TPSA) is 75.9 Å². The average Bonchev–Trinajstić information content (AvgIpc) is 2.69. The van der Waals surface area contributed by atoms with Crippen molar-refractivity contribution in [3.63, 3.8) is 0 Å². The van der Waals surface area contributed by atoms with Crippen LogP contribution in [-0.2, 0) is 0 Å². The zero-order chi connectivity index (χ0) is 10.4. The second-order valence-corrected chi connectivity index (χ2v) is 3.95. The number of tetrazole rings is 1. The Labute approximate surface area is 91.0 Å². The fraction of sp³-hybridized carbons (Fsp3) is 0. The lowest BCUT2D eigenvalue weighted by Gasteiger charge is -1.99. The summed E-state index contributed by atoms with van der Waals surface area (Å²) < 4.78 is 2.32. The first-order valence-corrected chi connectivity index (χ1v) is 4.94. The third kappa shape index (κ3) is 1.16. The van der Waals surface area contributed by atoms with Gasteiger partial charge in [-0.05, 0) is 28.6 Å². The molecular formula is C8H4BrN5O. The molecule has 74 valence electrons. The van der Waals surface area contributed by atoms with Gasteiger partial charge in [-0.2, -0.15) is 4.52 Å². The minimum absolute atomic E-state index is 0.195. The molecule has 3 aromatic rings. The number of halogens is 1. The number of H-pyrrole nitrogens is 1. The summed E-state index contributed by atoms with van der Waals surface area (Å²) >= 11 is 3.35. The molecule has 7 heteroatoms. The number of aromatic nitrogens is 5. The summed E-state index contributed by atoms with van der Waals surface area (Å²) in [4.78, 5) is 14.2. The van der Waals surface area contributed by atoms with E-state index < -0.39 is 0 Å². The highest BCUT2D eigenvalue weighted by atomic mass is 79.9. The van der Waals surface area contributed by atoms with Crippen LogP contribution in [0.5, 0.6) is 0 Å². The highest BCUT2D eigenvalue weighted by Gasteiger charge is 2.07. The molecule has 3 rings (SSSR count). The van der Waals surface area contributed by atoms with Crippen LogP contribution in [0.15, 0.2) is 27.5 Å². The Morgan fingerprint density at radius 2 is 2.27 bits per heavy atom. The van der Waals surface area contributed by atoms with Crippen molar-refractivity contribution in [2.75, 3.05) is 0 Å². The lowest BCUT2D eigenvalue weighted by molar-refractivity contribution is 0.840. The molecular weight excluding hydrogens is 262 g/mol. The van der Waals surface area contributed by atoms with E-state index in [1.54, 1.807) is 6.07 Å². The fourth-order valence-corrected chi connectivity index (χ4v) is 1.80. The van der Waals surface area contributed by atoms with E-state index in [9.17, 15) is 4.79 Å². The lowest BCUT2D eigenvalue weighted by Crippen LogP contribution is -2.11. The van der Waals surface area contributed by atoms with Gasteiger partial charge in [0, 0.05) is 4.47 Å². The molecule has 1 N–H and O–H groups in total. The Bertz CT molecular complexity index is 716. The minimum Gasteiger partial charge on any atom is -0.317 e. The first-order valence-electron chi connectivity index (χ1n) is 4.15. The predicted molar refractivity (Wildman–Crippen MR) is 56.6 cm³/mol. The predicted octanol–water partition coefficient (Wildman–Crippen LogP) is 0.728. The van der Waals surface area contributed by atoms with Crippen LogP contribution in [0.2, 0.25) is 0 Å². The maximum absolute atomic E-state index is 11.5. The van der Waals surface area contributed by atoms with Crippen LogP contribution in [-0.4, -0.2) is 25.0 Å². The van der Waals surface area contributed by atoms with Crippen LogP contribution in [0, 0.1) is 0 Å². The smallest absolute Gasteiger partial charge is 0.295 e. The summed E-state index contributed by atoms with van der Waals surface area (Å²) in [5.41, 5.74) is 1.35. The van der Waals surface area contributed by atoms with Crippen LogP contribution in [0.3, 0.4) is 0 Å². The van der Waals surface area contributed by atoms with Crippen molar-refractivity contribution in [3.8, 4) is 0 Å². The second-order valence-electron chi connectivity index (χ2n) is 3.03. The van der Waals surface area contributed by atoms with Crippen LogP contribution in [0.25, 0.3) is 16.7 Å². The molecule has 0 aliphatic rings. The molecule has 2 heterocycles. The van der Waals surface area contributed by atoms with Gasteiger partial charge in [0.25, 0.3) is 5.56 Å². The number of hydrogen-bond acceptors (Lipinski definition) is 4. The Hall–Kier alpha value is -1.76. The Morgan fingerprint density at radius 3 is 3.13 bits per heavy atom. The number of fused-ring (bicyclic) bond motifs is 3. The molecule has 6 nitrogen and oxygen atoms in total. The van der Waals surface area contributed by atoms with Crippen LogP contribution in [0.1, 0.15) is 0 Å². The van der Waals surface area contributed by atoms with E-state index in [2.05, 4.69) is 36.4 Å². The molecule has 0 unspecified atom stereocenters. The summed E-state index contributed by atoms with van der Waals surface area (Å²) in [6, 6.07) is 5.48. The molecule has 0 saturated carbocycles. The van der Waals surface area contributed by atoms with Gasteiger partial charge in [-0.25, -0.2) is 0 Å². The average molecular weight is 266 g/mol. The van der Waals surface area contributed by atoms with Gasteiger partial charge in [-0.3, -0.25) is 4.79 Å². The van der Waals surface area contributed by atoms with E-state index in [1.165, 1.54) is 4.52 Å². The standard InChI is InChI=1S/C8H4BrN5O/c9-4-1-2-5-6(3-4)14-7(8(15)10-5)11-12-13-14/h1-3H,(H,10,15). The van der Waals surface area contributed by atoms with Crippen molar-refractivity contribution in [3.05, 3.63) is 33.0 Å². The molecule has 0 bridgehead atoms. The number of hydrogen-bond donors (Lipinski definition) is 1. The van der Waals surface area contributed by atoms with Gasteiger partial charge >= 0.3 is 0 Å². The van der Waals surface area contributed by atoms with E-state index >= 15 is 0 Å².